The first-order valence-corrected chi connectivity index (χ1v) is 5.85. The maximum Gasteiger partial charge on any atom is 0.263 e. The average Bonchev–Trinajstić information content (AvgIpc) is 2.91. The van der Waals surface area contributed by atoms with Crippen LogP contribution >= 0.6 is 0 Å². The fourth-order valence-electron chi connectivity index (χ4n) is 2.44. The Labute approximate surface area is 99.5 Å². The molecule has 0 unspecified atom stereocenters. The number of carbonyl (C=O) groups is 1. The third-order valence-electron chi connectivity index (χ3n) is 3.36. The molecule has 0 radical (unpaired) electrons. The van der Waals surface area contributed by atoms with E-state index in [9.17, 15) is 4.79 Å². The molecular formula is C14H13NO2. The van der Waals surface area contributed by atoms with E-state index in [0.717, 1.165) is 19.3 Å². The minimum Gasteiger partial charge on any atom is -0.442 e. The van der Waals surface area contributed by atoms with Gasteiger partial charge in [-0.3, -0.25) is 4.79 Å². The second-order valence-corrected chi connectivity index (χ2v) is 4.41. The molecule has 86 valence electrons. The van der Waals surface area contributed by atoms with Crippen LogP contribution in [0.25, 0.3) is 0 Å². The van der Waals surface area contributed by atoms with Crippen molar-refractivity contribution in [1.82, 2.24) is 4.98 Å². The number of nitrogens with zero attached hydrogens (tertiary/aromatic N) is 1. The fourth-order valence-corrected chi connectivity index (χ4v) is 2.44. The van der Waals surface area contributed by atoms with E-state index in [4.69, 9.17) is 4.42 Å². The molecule has 3 nitrogen and oxygen atoms in total. The quantitative estimate of drug-likeness (QED) is 0.741. The molecule has 1 aromatic carbocycles. The number of benzene rings is 1. The van der Waals surface area contributed by atoms with Gasteiger partial charge in [0.1, 0.15) is 6.26 Å². The summed E-state index contributed by atoms with van der Waals surface area (Å²) < 4.78 is 5.08. The predicted octanol–water partition coefficient (Wildman–Crippen LogP) is 2.66. The van der Waals surface area contributed by atoms with Crippen LogP contribution in [0.1, 0.15) is 28.2 Å². The average molecular weight is 227 g/mol. The fraction of sp³-hybridized carbons (Fsp3) is 0.286. The lowest BCUT2D eigenvalue weighted by molar-refractivity contribution is 0.0873. The van der Waals surface area contributed by atoms with Crippen molar-refractivity contribution in [3.8, 4) is 0 Å². The van der Waals surface area contributed by atoms with E-state index in [0.29, 0.717) is 0 Å². The Kier molecular flexibility index (Phi) is 2.52. The molecule has 1 aromatic heterocycles. The largest absolute Gasteiger partial charge is 0.442 e. The molecule has 0 bridgehead atoms. The molecule has 0 saturated heterocycles. The van der Waals surface area contributed by atoms with Crippen molar-refractivity contribution < 1.29 is 9.21 Å². The van der Waals surface area contributed by atoms with Gasteiger partial charge in [-0.05, 0) is 30.4 Å². The predicted molar refractivity (Wildman–Crippen MR) is 62.8 cm³/mol. The third-order valence-corrected chi connectivity index (χ3v) is 3.36. The van der Waals surface area contributed by atoms with E-state index in [1.54, 1.807) is 0 Å². The number of carbonyl (C=O) groups excluding carboxylic acids is 1. The van der Waals surface area contributed by atoms with E-state index < -0.39 is 0 Å². The molecule has 2 aromatic rings. The first-order valence-electron chi connectivity index (χ1n) is 5.85. The third kappa shape index (κ3) is 1.88. The SMILES string of the molecule is O=C(c1ncco1)[C@H]1CCc2ccccc2C1. The Morgan fingerprint density at radius 2 is 2.12 bits per heavy atom. The number of oxazole rings is 1. The molecule has 3 rings (SSSR count). The van der Waals surface area contributed by atoms with Gasteiger partial charge in [-0.15, -0.1) is 0 Å². The molecule has 1 aliphatic carbocycles. The molecule has 0 aliphatic heterocycles. The van der Waals surface area contributed by atoms with Gasteiger partial charge < -0.3 is 4.42 Å². The van der Waals surface area contributed by atoms with Crippen LogP contribution in [0.5, 0.6) is 0 Å². The number of Topliss-reactive ketones (excluding diaryl/α,β-unsaturated/α-hetero) is 1. The summed E-state index contributed by atoms with van der Waals surface area (Å²) in [6, 6.07) is 8.32. The molecule has 1 heterocycles. The van der Waals surface area contributed by atoms with Crippen molar-refractivity contribution in [2.45, 2.75) is 19.3 Å². The van der Waals surface area contributed by atoms with Crippen LogP contribution in [0.4, 0.5) is 0 Å². The summed E-state index contributed by atoms with van der Waals surface area (Å²) >= 11 is 0. The van der Waals surface area contributed by atoms with Crippen LogP contribution in [-0.4, -0.2) is 10.8 Å². The Morgan fingerprint density at radius 3 is 2.88 bits per heavy atom. The van der Waals surface area contributed by atoms with Crippen molar-refractivity contribution in [1.29, 1.82) is 0 Å². The van der Waals surface area contributed by atoms with E-state index >= 15 is 0 Å². The Balaban J connectivity index is 1.83. The number of rotatable bonds is 2. The summed E-state index contributed by atoms with van der Waals surface area (Å²) in [5.41, 5.74) is 2.65. The van der Waals surface area contributed by atoms with Gasteiger partial charge >= 0.3 is 0 Å². The van der Waals surface area contributed by atoms with E-state index in [1.165, 1.54) is 23.6 Å². The van der Waals surface area contributed by atoms with Gasteiger partial charge in [0.2, 0.25) is 5.78 Å². The zero-order chi connectivity index (χ0) is 11.7. The van der Waals surface area contributed by atoms with Crippen molar-refractivity contribution >= 4 is 5.78 Å². The highest BCUT2D eigenvalue weighted by Crippen LogP contribution is 2.27. The summed E-state index contributed by atoms with van der Waals surface area (Å²) in [6.45, 7) is 0. The van der Waals surface area contributed by atoms with Gasteiger partial charge in [0.25, 0.3) is 5.89 Å². The number of aryl methyl sites for hydroxylation is 1. The lowest BCUT2D eigenvalue weighted by Gasteiger charge is -2.22. The van der Waals surface area contributed by atoms with Gasteiger partial charge in [-0.1, -0.05) is 24.3 Å². The smallest absolute Gasteiger partial charge is 0.263 e. The second kappa shape index (κ2) is 4.17. The molecule has 3 heteroatoms. The highest BCUT2D eigenvalue weighted by Gasteiger charge is 2.27. The van der Waals surface area contributed by atoms with Gasteiger partial charge in [0, 0.05) is 5.92 Å². The van der Waals surface area contributed by atoms with E-state index in [-0.39, 0.29) is 17.6 Å². The highest BCUT2D eigenvalue weighted by molar-refractivity contribution is 5.93. The molecule has 0 fully saturated rings. The molecule has 0 spiro atoms. The molecular weight excluding hydrogens is 214 g/mol. The monoisotopic (exact) mass is 227 g/mol. The maximum atomic E-state index is 12.1. The molecule has 1 aliphatic rings. The lowest BCUT2D eigenvalue weighted by atomic mass is 9.82. The Morgan fingerprint density at radius 1 is 1.29 bits per heavy atom. The molecule has 0 amide bonds. The summed E-state index contributed by atoms with van der Waals surface area (Å²) in [4.78, 5) is 16.0. The van der Waals surface area contributed by atoms with Crippen molar-refractivity contribution in [3.63, 3.8) is 0 Å². The van der Waals surface area contributed by atoms with Crippen LogP contribution in [0, 0.1) is 5.92 Å². The topological polar surface area (TPSA) is 43.1 Å². The summed E-state index contributed by atoms with van der Waals surface area (Å²) in [5, 5.41) is 0. The number of hydrogen-bond donors (Lipinski definition) is 0. The van der Waals surface area contributed by atoms with Gasteiger partial charge in [0.15, 0.2) is 0 Å². The zero-order valence-corrected chi connectivity index (χ0v) is 9.43. The van der Waals surface area contributed by atoms with Crippen LogP contribution in [0.2, 0.25) is 0 Å². The number of hydrogen-bond acceptors (Lipinski definition) is 3. The first-order chi connectivity index (χ1) is 8.34. The van der Waals surface area contributed by atoms with Crippen LogP contribution in [0.15, 0.2) is 41.1 Å². The highest BCUT2D eigenvalue weighted by atomic mass is 16.3. The standard InChI is InChI=1S/C14H13NO2/c16-13(14-15-7-8-17-14)12-6-5-10-3-1-2-4-11(10)9-12/h1-4,7-8,12H,5-6,9H2/t12-/m0/s1. The van der Waals surface area contributed by atoms with Crippen molar-refractivity contribution in [2.75, 3.05) is 0 Å². The normalized spacial score (nSPS) is 18.7. The Bertz CT molecular complexity index is 531. The molecule has 17 heavy (non-hydrogen) atoms. The number of fused-ring (bicyclic) bond motifs is 1. The molecule has 1 atom stereocenters. The van der Waals surface area contributed by atoms with E-state index in [1.807, 2.05) is 6.07 Å². The first kappa shape index (κ1) is 10.3. The zero-order valence-electron chi connectivity index (χ0n) is 9.43. The summed E-state index contributed by atoms with van der Waals surface area (Å²) in [7, 11) is 0. The van der Waals surface area contributed by atoms with Crippen LogP contribution < -0.4 is 0 Å². The minimum atomic E-state index is 0.0172. The van der Waals surface area contributed by atoms with Crippen LogP contribution in [0.3, 0.4) is 0 Å². The Hall–Kier alpha value is -1.90. The molecule has 0 saturated carbocycles. The van der Waals surface area contributed by atoms with Gasteiger partial charge in [0.05, 0.1) is 6.20 Å². The minimum absolute atomic E-state index is 0.0172. The number of aromatic nitrogens is 1. The van der Waals surface area contributed by atoms with Crippen molar-refractivity contribution in [2.24, 2.45) is 5.92 Å². The second-order valence-electron chi connectivity index (χ2n) is 4.41. The van der Waals surface area contributed by atoms with Gasteiger partial charge in [-0.25, -0.2) is 4.98 Å². The summed E-state index contributed by atoms with van der Waals surface area (Å²) in [5.74, 6) is 0.294. The number of ketones is 1. The summed E-state index contributed by atoms with van der Waals surface area (Å²) in [6.07, 6.45) is 5.62. The lowest BCUT2D eigenvalue weighted by Crippen LogP contribution is -2.23. The molecule has 0 N–H and O–H groups in total. The van der Waals surface area contributed by atoms with Gasteiger partial charge in [-0.2, -0.15) is 0 Å². The maximum absolute atomic E-state index is 12.1. The van der Waals surface area contributed by atoms with E-state index in [2.05, 4.69) is 23.2 Å². The van der Waals surface area contributed by atoms with Crippen molar-refractivity contribution in [3.05, 3.63) is 53.7 Å². The van der Waals surface area contributed by atoms with Crippen LogP contribution in [-0.2, 0) is 12.8 Å².